The first-order chi connectivity index (χ1) is 38.5. The van der Waals surface area contributed by atoms with Gasteiger partial charge in [0.15, 0.2) is 6.10 Å². The number of ether oxygens (including phenoxy) is 2. The van der Waals surface area contributed by atoms with Crippen molar-refractivity contribution >= 4 is 19.8 Å². The molecular weight excluding hydrogens is 1000 g/mol. The summed E-state index contributed by atoms with van der Waals surface area (Å²) in [5, 5.41) is 0. The molecule has 0 bridgehead atoms. The Hall–Kier alpha value is -3.33. The van der Waals surface area contributed by atoms with Crippen LogP contribution in [0.5, 0.6) is 0 Å². The normalized spacial score (nSPS) is 13.9. The molecule has 0 aromatic rings. The van der Waals surface area contributed by atoms with Crippen molar-refractivity contribution in [3.8, 4) is 0 Å². The van der Waals surface area contributed by atoms with Crippen LogP contribution in [0.4, 0.5) is 0 Å². The van der Waals surface area contributed by atoms with Crippen LogP contribution in [0.15, 0.2) is 109 Å². The minimum absolute atomic E-state index is 0.0462. The molecule has 0 aromatic carbocycles. The second-order valence-corrected chi connectivity index (χ2v) is 23.8. The van der Waals surface area contributed by atoms with Gasteiger partial charge in [0, 0.05) is 12.8 Å². The predicted octanol–water partition coefficient (Wildman–Crippen LogP) is 19.9. The molecule has 0 amide bonds. The Morgan fingerprint density at radius 3 is 1.06 bits per heavy atom. The lowest BCUT2D eigenvalue weighted by Crippen LogP contribution is -2.37. The van der Waals surface area contributed by atoms with Gasteiger partial charge in [-0.15, -0.1) is 0 Å². The van der Waals surface area contributed by atoms with Gasteiger partial charge in [-0.2, -0.15) is 0 Å². The lowest BCUT2D eigenvalue weighted by Gasteiger charge is -2.28. The standard InChI is InChI=1S/C69H120NO8P/c1-6-8-10-12-14-16-18-20-22-24-26-28-30-32-34-35-36-38-40-42-44-46-48-50-52-54-56-58-60-62-69(72)78-67(66-77-79(73,74)76-64-63-70(3,4)5)65-75-68(71)61-59-57-55-53-51-49-47-45-43-41-39-37-33-31-29-27-25-23-21-19-17-15-13-11-9-7-2/h8,10,14,16,20,22,26,28,32,34,36,38,42,44,48,50,54,56,67H,6-7,9,11-13,15,17-19,21,23-25,27,29-31,33,35,37,39-41,43,45-47,49,51-53,55,57-66H2,1-5H3/b10-8-,16-14-,22-20-,28-26-,34-32-,38-36-,44-42-,50-48-,56-54-. The minimum atomic E-state index is -4.66. The summed E-state index contributed by atoms with van der Waals surface area (Å²) in [7, 11) is 1.12. The molecule has 2 unspecified atom stereocenters. The molecule has 0 saturated carbocycles. The van der Waals surface area contributed by atoms with Crippen molar-refractivity contribution in [3.05, 3.63) is 109 Å². The molecule has 0 rings (SSSR count). The first-order valence-corrected chi connectivity index (χ1v) is 33.6. The highest BCUT2D eigenvalue weighted by molar-refractivity contribution is 7.45. The number of likely N-dealkylation sites (N-methyl/N-ethyl adjacent to an activating group) is 1. The van der Waals surface area contributed by atoms with Crippen LogP contribution in [0.2, 0.25) is 0 Å². The van der Waals surface area contributed by atoms with E-state index in [2.05, 4.69) is 117 Å². The number of hydrogen-bond acceptors (Lipinski definition) is 8. The molecule has 0 aliphatic carbocycles. The van der Waals surface area contributed by atoms with Crippen molar-refractivity contribution in [2.75, 3.05) is 47.5 Å². The largest absolute Gasteiger partial charge is 0.756 e. The Morgan fingerprint density at radius 1 is 0.405 bits per heavy atom. The molecule has 9 nitrogen and oxygen atoms in total. The molecule has 0 aliphatic rings. The topological polar surface area (TPSA) is 111 Å². The molecule has 0 aliphatic heterocycles. The SMILES string of the molecule is CC/C=C\C/C=C\C/C=C\C/C=C\C/C=C\C/C=C\C/C=C\C/C=C\C/C=C\CCCC(=O)OC(COC(=O)CCCCCCCCCCCCCCCCCCCCCCCCCCCC)COP(=O)([O-])OCC[N+](C)(C)C. The Morgan fingerprint density at radius 2 is 0.722 bits per heavy atom. The van der Waals surface area contributed by atoms with Crippen LogP contribution in [-0.2, 0) is 32.7 Å². The van der Waals surface area contributed by atoms with Gasteiger partial charge in [0.1, 0.15) is 19.8 Å². The Labute approximate surface area is 486 Å². The van der Waals surface area contributed by atoms with Crippen LogP contribution < -0.4 is 4.89 Å². The number of unbranched alkanes of at least 4 members (excludes halogenated alkanes) is 26. The first-order valence-electron chi connectivity index (χ1n) is 32.1. The number of quaternary nitrogens is 1. The average Bonchev–Trinajstić information content (AvgIpc) is 3.41. The van der Waals surface area contributed by atoms with Crippen molar-refractivity contribution in [3.63, 3.8) is 0 Å². The summed E-state index contributed by atoms with van der Waals surface area (Å²) in [5.74, 6) is -0.901. The molecule has 0 N–H and O–H groups in total. The zero-order chi connectivity index (χ0) is 57.7. The zero-order valence-electron chi connectivity index (χ0n) is 51.5. The average molecular weight is 1120 g/mol. The van der Waals surface area contributed by atoms with Crippen LogP contribution >= 0.6 is 7.82 Å². The van der Waals surface area contributed by atoms with E-state index in [1.165, 1.54) is 148 Å². The summed E-state index contributed by atoms with van der Waals surface area (Å²) in [5.41, 5.74) is 0. The van der Waals surface area contributed by atoms with E-state index in [1.54, 1.807) is 0 Å². The van der Waals surface area contributed by atoms with Gasteiger partial charge >= 0.3 is 11.9 Å². The van der Waals surface area contributed by atoms with Gasteiger partial charge in [-0.3, -0.25) is 14.2 Å². The summed E-state index contributed by atoms with van der Waals surface area (Å²) in [4.78, 5) is 37.9. The zero-order valence-corrected chi connectivity index (χ0v) is 52.4. The molecule has 0 aromatic heterocycles. The van der Waals surface area contributed by atoms with E-state index in [1.807, 2.05) is 27.2 Å². The number of rotatable bonds is 58. The van der Waals surface area contributed by atoms with Crippen LogP contribution in [0.25, 0.3) is 0 Å². The fraction of sp³-hybridized carbons (Fsp3) is 0.710. The van der Waals surface area contributed by atoms with E-state index in [9.17, 15) is 19.0 Å². The van der Waals surface area contributed by atoms with Crippen molar-refractivity contribution in [1.82, 2.24) is 0 Å². The van der Waals surface area contributed by atoms with Crippen molar-refractivity contribution in [2.45, 2.75) is 270 Å². The highest BCUT2D eigenvalue weighted by Crippen LogP contribution is 2.38. The molecule has 79 heavy (non-hydrogen) atoms. The van der Waals surface area contributed by atoms with E-state index in [0.29, 0.717) is 23.9 Å². The number of carbonyl (C=O) groups is 2. The lowest BCUT2D eigenvalue weighted by molar-refractivity contribution is -0.870. The quantitative estimate of drug-likeness (QED) is 0.0195. The van der Waals surface area contributed by atoms with E-state index in [-0.39, 0.29) is 26.1 Å². The second kappa shape index (κ2) is 59.3. The maximum atomic E-state index is 12.8. The lowest BCUT2D eigenvalue weighted by atomic mass is 10.0. The Bertz CT molecular complexity index is 1700. The third-order valence-electron chi connectivity index (χ3n) is 13.6. The summed E-state index contributed by atoms with van der Waals surface area (Å²) in [6.45, 7) is 4.08. The molecule has 0 heterocycles. The third kappa shape index (κ3) is 63.7. The van der Waals surface area contributed by atoms with Gasteiger partial charge in [0.2, 0.25) is 0 Å². The smallest absolute Gasteiger partial charge is 0.306 e. The van der Waals surface area contributed by atoms with E-state index in [4.69, 9.17) is 18.5 Å². The molecule has 0 fully saturated rings. The number of nitrogens with zero attached hydrogens (tertiary/aromatic N) is 1. The van der Waals surface area contributed by atoms with E-state index >= 15 is 0 Å². The number of carbonyl (C=O) groups excluding carboxylic acids is 2. The first kappa shape index (κ1) is 75.7. The number of phosphoric ester groups is 1. The van der Waals surface area contributed by atoms with Crippen LogP contribution in [-0.4, -0.2) is 70.0 Å². The Kier molecular flexibility index (Phi) is 56.8. The van der Waals surface area contributed by atoms with Gasteiger partial charge in [-0.05, 0) is 77.0 Å². The fourth-order valence-electron chi connectivity index (χ4n) is 8.66. The summed E-state index contributed by atoms with van der Waals surface area (Å²) in [6.07, 6.45) is 83.1. The summed E-state index contributed by atoms with van der Waals surface area (Å²) >= 11 is 0. The van der Waals surface area contributed by atoms with Crippen molar-refractivity contribution in [2.24, 2.45) is 0 Å². The van der Waals surface area contributed by atoms with Gasteiger partial charge in [-0.1, -0.05) is 284 Å². The number of esters is 2. The molecule has 454 valence electrons. The summed E-state index contributed by atoms with van der Waals surface area (Å²) in [6, 6.07) is 0. The van der Waals surface area contributed by atoms with Crippen molar-refractivity contribution in [1.29, 1.82) is 0 Å². The van der Waals surface area contributed by atoms with Gasteiger partial charge in [-0.25, -0.2) is 0 Å². The molecule has 0 radical (unpaired) electrons. The minimum Gasteiger partial charge on any atom is -0.756 e. The molecular formula is C69H120NO8P. The number of hydrogen-bond donors (Lipinski definition) is 0. The van der Waals surface area contributed by atoms with E-state index < -0.39 is 32.5 Å². The third-order valence-corrected chi connectivity index (χ3v) is 14.5. The van der Waals surface area contributed by atoms with Gasteiger partial charge in [0.25, 0.3) is 7.82 Å². The van der Waals surface area contributed by atoms with Crippen molar-refractivity contribution < 1.29 is 42.1 Å². The fourth-order valence-corrected chi connectivity index (χ4v) is 9.39. The van der Waals surface area contributed by atoms with Crippen LogP contribution in [0.3, 0.4) is 0 Å². The number of phosphoric acid groups is 1. The number of allylic oxidation sites excluding steroid dienone is 18. The monoisotopic (exact) mass is 1120 g/mol. The van der Waals surface area contributed by atoms with Gasteiger partial charge < -0.3 is 27.9 Å². The Balaban J connectivity index is 4.23. The maximum absolute atomic E-state index is 12.8. The molecule has 0 spiro atoms. The molecule has 0 saturated heterocycles. The highest BCUT2D eigenvalue weighted by Gasteiger charge is 2.21. The van der Waals surface area contributed by atoms with E-state index in [0.717, 1.165) is 77.0 Å². The predicted molar refractivity (Wildman–Crippen MR) is 337 cm³/mol. The van der Waals surface area contributed by atoms with Crippen LogP contribution in [0, 0.1) is 0 Å². The summed E-state index contributed by atoms with van der Waals surface area (Å²) < 4.78 is 34.2. The molecule has 10 heteroatoms. The van der Waals surface area contributed by atoms with Gasteiger partial charge in [0.05, 0.1) is 27.7 Å². The highest BCUT2D eigenvalue weighted by atomic mass is 31.2. The van der Waals surface area contributed by atoms with Crippen LogP contribution in [0.1, 0.15) is 264 Å². The molecule has 2 atom stereocenters. The maximum Gasteiger partial charge on any atom is 0.306 e. The second-order valence-electron chi connectivity index (χ2n) is 22.4.